The summed E-state index contributed by atoms with van der Waals surface area (Å²) in [6.45, 7) is 1.74. The number of carbonyl (C=O) groups is 1. The fourth-order valence-electron chi connectivity index (χ4n) is 1.43. The van der Waals surface area contributed by atoms with Crippen LogP contribution in [0.4, 0.5) is 5.69 Å². The monoisotopic (exact) mass is 326 g/mol. The molecular formula is C10H7BrN4O4. The highest BCUT2D eigenvalue weighted by atomic mass is 79.9. The summed E-state index contributed by atoms with van der Waals surface area (Å²) >= 11 is 3.27. The molecule has 2 heterocycles. The summed E-state index contributed by atoms with van der Waals surface area (Å²) in [5.74, 6) is -1.16. The van der Waals surface area contributed by atoms with Crippen molar-refractivity contribution in [1.29, 1.82) is 0 Å². The van der Waals surface area contributed by atoms with Gasteiger partial charge in [0.2, 0.25) is 5.69 Å². The number of aromatic carboxylic acids is 1. The molecule has 0 atom stereocenters. The summed E-state index contributed by atoms with van der Waals surface area (Å²) in [7, 11) is 0. The van der Waals surface area contributed by atoms with Crippen molar-refractivity contribution in [2.75, 3.05) is 0 Å². The average Bonchev–Trinajstić information content (AvgIpc) is 2.78. The third-order valence-corrected chi connectivity index (χ3v) is 3.17. The standard InChI is InChI=1S/C10H7BrN4O4/c1-5-6(11)2-3-8(12-5)14-4-7(15(18)19)9(13-14)10(16)17/h2-4H,1H3,(H,16,17). The van der Waals surface area contributed by atoms with Gasteiger partial charge in [0, 0.05) is 4.47 Å². The molecule has 1 N–H and O–H groups in total. The van der Waals surface area contributed by atoms with Gasteiger partial charge in [-0.1, -0.05) is 0 Å². The first-order valence-corrected chi connectivity index (χ1v) is 5.80. The minimum atomic E-state index is -1.46. The number of halogens is 1. The molecule has 0 aliphatic carbocycles. The van der Waals surface area contributed by atoms with Gasteiger partial charge in [-0.15, -0.1) is 0 Å². The fourth-order valence-corrected chi connectivity index (χ4v) is 1.65. The number of carboxylic acid groups (broad SMARTS) is 1. The number of nitrogens with zero attached hydrogens (tertiary/aromatic N) is 4. The fraction of sp³-hybridized carbons (Fsp3) is 0.100. The second-order valence-electron chi connectivity index (χ2n) is 3.61. The van der Waals surface area contributed by atoms with E-state index in [1.165, 1.54) is 0 Å². The summed E-state index contributed by atoms with van der Waals surface area (Å²) < 4.78 is 1.84. The van der Waals surface area contributed by atoms with E-state index in [0.717, 1.165) is 15.4 Å². The molecule has 0 fully saturated rings. The van der Waals surface area contributed by atoms with Crippen molar-refractivity contribution < 1.29 is 14.8 Å². The molecule has 19 heavy (non-hydrogen) atoms. The molecule has 2 aromatic rings. The van der Waals surface area contributed by atoms with E-state index in [2.05, 4.69) is 26.0 Å². The summed E-state index contributed by atoms with van der Waals surface area (Å²) in [6.07, 6.45) is 1.03. The lowest BCUT2D eigenvalue weighted by molar-refractivity contribution is -0.385. The third-order valence-electron chi connectivity index (χ3n) is 2.34. The van der Waals surface area contributed by atoms with Crippen molar-refractivity contribution in [3.63, 3.8) is 0 Å². The molecule has 2 aromatic heterocycles. The molecule has 0 amide bonds. The Morgan fingerprint density at radius 2 is 2.21 bits per heavy atom. The van der Waals surface area contributed by atoms with Crippen molar-refractivity contribution in [2.24, 2.45) is 0 Å². The Balaban J connectivity index is 2.57. The van der Waals surface area contributed by atoms with E-state index in [1.54, 1.807) is 19.1 Å². The zero-order valence-corrected chi connectivity index (χ0v) is 11.2. The molecule has 0 unspecified atom stereocenters. The number of hydrogen-bond acceptors (Lipinski definition) is 5. The Morgan fingerprint density at radius 1 is 1.53 bits per heavy atom. The van der Waals surface area contributed by atoms with Gasteiger partial charge in [0.25, 0.3) is 0 Å². The first-order valence-electron chi connectivity index (χ1n) is 5.01. The van der Waals surface area contributed by atoms with E-state index in [-0.39, 0.29) is 0 Å². The van der Waals surface area contributed by atoms with Crippen LogP contribution in [0.25, 0.3) is 5.82 Å². The Morgan fingerprint density at radius 3 is 2.68 bits per heavy atom. The van der Waals surface area contributed by atoms with Crippen LogP contribution < -0.4 is 0 Å². The first kappa shape index (κ1) is 13.1. The highest BCUT2D eigenvalue weighted by molar-refractivity contribution is 9.10. The van der Waals surface area contributed by atoms with Crippen LogP contribution in [0.15, 0.2) is 22.8 Å². The minimum absolute atomic E-state index is 0.302. The molecule has 0 aliphatic heterocycles. The van der Waals surface area contributed by atoms with Crippen LogP contribution in [0.2, 0.25) is 0 Å². The van der Waals surface area contributed by atoms with E-state index in [1.807, 2.05) is 0 Å². The van der Waals surface area contributed by atoms with Gasteiger partial charge in [0.05, 0.1) is 10.6 Å². The van der Waals surface area contributed by atoms with E-state index >= 15 is 0 Å². The Kier molecular flexibility index (Phi) is 3.30. The normalized spacial score (nSPS) is 10.4. The smallest absolute Gasteiger partial charge is 0.363 e. The van der Waals surface area contributed by atoms with Gasteiger partial charge in [0.15, 0.2) is 5.82 Å². The molecule has 0 spiro atoms. The molecule has 0 aliphatic rings. The summed E-state index contributed by atoms with van der Waals surface area (Å²) in [5, 5.41) is 23.3. The average molecular weight is 327 g/mol. The molecule has 98 valence electrons. The molecular weight excluding hydrogens is 320 g/mol. The van der Waals surface area contributed by atoms with E-state index < -0.39 is 22.3 Å². The minimum Gasteiger partial charge on any atom is -0.476 e. The second kappa shape index (κ2) is 4.76. The number of aromatic nitrogens is 3. The van der Waals surface area contributed by atoms with Crippen LogP contribution in [0.3, 0.4) is 0 Å². The van der Waals surface area contributed by atoms with Crippen LogP contribution in [-0.2, 0) is 0 Å². The van der Waals surface area contributed by atoms with E-state index in [4.69, 9.17) is 5.11 Å². The second-order valence-corrected chi connectivity index (χ2v) is 4.46. The van der Waals surface area contributed by atoms with Crippen molar-refractivity contribution in [2.45, 2.75) is 6.92 Å². The summed E-state index contributed by atoms with van der Waals surface area (Å²) in [6, 6.07) is 3.27. The molecule has 2 rings (SSSR count). The highest BCUT2D eigenvalue weighted by Crippen LogP contribution is 2.20. The Bertz CT molecular complexity index is 651. The molecule has 0 radical (unpaired) electrons. The predicted molar refractivity (Wildman–Crippen MR) is 67.4 cm³/mol. The topological polar surface area (TPSA) is 111 Å². The van der Waals surface area contributed by atoms with Gasteiger partial charge in [-0.25, -0.2) is 14.5 Å². The lowest BCUT2D eigenvalue weighted by Gasteiger charge is -2.02. The van der Waals surface area contributed by atoms with Crippen molar-refractivity contribution in [3.05, 3.63) is 44.3 Å². The van der Waals surface area contributed by atoms with Crippen LogP contribution in [-0.4, -0.2) is 30.8 Å². The maximum Gasteiger partial charge on any atom is 0.363 e. The summed E-state index contributed by atoms with van der Waals surface area (Å²) in [4.78, 5) is 25.0. The zero-order chi connectivity index (χ0) is 14.2. The van der Waals surface area contributed by atoms with Crippen molar-refractivity contribution in [3.8, 4) is 5.82 Å². The molecule has 0 aromatic carbocycles. The van der Waals surface area contributed by atoms with Gasteiger partial charge in [-0.05, 0) is 35.0 Å². The molecule has 9 heteroatoms. The lowest BCUT2D eigenvalue weighted by atomic mass is 10.4. The van der Waals surface area contributed by atoms with Gasteiger partial charge in [-0.2, -0.15) is 5.10 Å². The highest BCUT2D eigenvalue weighted by Gasteiger charge is 2.25. The van der Waals surface area contributed by atoms with Gasteiger partial charge in [0.1, 0.15) is 6.20 Å². The SMILES string of the molecule is Cc1nc(-n2cc([N+](=O)[O-])c(C(=O)O)n2)ccc1Br. The van der Waals surface area contributed by atoms with Gasteiger partial charge < -0.3 is 5.11 Å². The zero-order valence-electron chi connectivity index (χ0n) is 9.57. The van der Waals surface area contributed by atoms with Crippen LogP contribution >= 0.6 is 15.9 Å². The van der Waals surface area contributed by atoms with Crippen molar-refractivity contribution in [1.82, 2.24) is 14.8 Å². The molecule has 0 saturated heterocycles. The number of aryl methyl sites for hydroxylation is 1. The first-order chi connectivity index (χ1) is 8.90. The molecule has 0 saturated carbocycles. The van der Waals surface area contributed by atoms with Crippen molar-refractivity contribution >= 4 is 27.6 Å². The molecule has 0 bridgehead atoms. The Labute approximate surface area is 115 Å². The van der Waals surface area contributed by atoms with Gasteiger partial charge >= 0.3 is 11.7 Å². The number of pyridine rings is 1. The molecule has 8 nitrogen and oxygen atoms in total. The number of nitro groups is 1. The number of rotatable bonds is 3. The maximum atomic E-state index is 10.9. The number of carboxylic acids is 1. The Hall–Kier alpha value is -2.29. The van der Waals surface area contributed by atoms with E-state index in [0.29, 0.717) is 11.5 Å². The quantitative estimate of drug-likeness (QED) is 0.681. The van der Waals surface area contributed by atoms with Gasteiger partial charge in [-0.3, -0.25) is 10.1 Å². The number of hydrogen-bond donors (Lipinski definition) is 1. The lowest BCUT2D eigenvalue weighted by Crippen LogP contribution is -2.04. The van der Waals surface area contributed by atoms with Crippen LogP contribution in [0.1, 0.15) is 16.2 Å². The largest absolute Gasteiger partial charge is 0.476 e. The predicted octanol–water partition coefficient (Wildman–Crippen LogP) is 1.94. The van der Waals surface area contributed by atoms with E-state index in [9.17, 15) is 14.9 Å². The summed E-state index contributed by atoms with van der Waals surface area (Å²) in [5.41, 5.74) is -0.533. The maximum absolute atomic E-state index is 10.9. The van der Waals surface area contributed by atoms with Crippen LogP contribution in [0, 0.1) is 17.0 Å². The third kappa shape index (κ3) is 2.45. The van der Waals surface area contributed by atoms with Crippen LogP contribution in [0.5, 0.6) is 0 Å².